The Labute approximate surface area is 214 Å². The zero-order valence-electron chi connectivity index (χ0n) is 16.5. The second kappa shape index (κ2) is 10.7. The molecule has 0 saturated carbocycles. The molecule has 3 nitrogen and oxygen atoms in total. The normalized spacial score (nSPS) is 11.2. The van der Waals surface area contributed by atoms with Gasteiger partial charge < -0.3 is 10.2 Å². The highest BCUT2D eigenvalue weighted by Crippen LogP contribution is 2.30. The summed E-state index contributed by atoms with van der Waals surface area (Å²) in [6.45, 7) is 1.11. The summed E-state index contributed by atoms with van der Waals surface area (Å²) in [6, 6.07) is 26.6. The van der Waals surface area contributed by atoms with Gasteiger partial charge in [0.1, 0.15) is 12.4 Å². The minimum absolute atomic E-state index is 0.528. The van der Waals surface area contributed by atoms with Crippen LogP contribution in [0.3, 0.4) is 0 Å². The van der Waals surface area contributed by atoms with Gasteiger partial charge in [-0.05, 0) is 90.8 Å². The molecule has 1 N–H and O–H groups in total. The van der Waals surface area contributed by atoms with E-state index in [4.69, 9.17) is 16.3 Å². The lowest BCUT2D eigenvalue weighted by atomic mass is 10.1. The summed E-state index contributed by atoms with van der Waals surface area (Å²) in [4.78, 5) is 0. The van der Waals surface area contributed by atoms with Gasteiger partial charge in [-0.15, -0.1) is 0 Å². The van der Waals surface area contributed by atoms with Gasteiger partial charge in [-0.3, -0.25) is 0 Å². The fraction of sp³-hybridized carbons (Fsp3) is 0.0800. The van der Waals surface area contributed by atoms with E-state index in [1.807, 2.05) is 30.5 Å². The van der Waals surface area contributed by atoms with E-state index in [0.717, 1.165) is 29.0 Å². The molecule has 4 aromatic carbocycles. The molecule has 0 aliphatic heterocycles. The molecule has 0 atom stereocenters. The Balaban J connectivity index is 1.43. The molecule has 156 valence electrons. The third-order valence-electron chi connectivity index (χ3n) is 4.80. The predicted molar refractivity (Wildman–Crippen MR) is 146 cm³/mol. The summed E-state index contributed by atoms with van der Waals surface area (Å²) in [5, 5.41) is 7.53. The zero-order valence-corrected chi connectivity index (χ0v) is 21.6. The van der Waals surface area contributed by atoms with Crippen LogP contribution in [0.25, 0.3) is 10.8 Å². The Morgan fingerprint density at radius 2 is 1.55 bits per heavy atom. The molecule has 0 saturated heterocycles. The third kappa shape index (κ3) is 5.70. The van der Waals surface area contributed by atoms with Gasteiger partial charge in [0.25, 0.3) is 0 Å². The van der Waals surface area contributed by atoms with Crippen LogP contribution in [0.5, 0.6) is 5.75 Å². The molecule has 0 spiro atoms. The number of fused-ring (bicyclic) bond motifs is 1. The van der Waals surface area contributed by atoms with E-state index in [9.17, 15) is 0 Å². The van der Waals surface area contributed by atoms with E-state index in [1.54, 1.807) is 0 Å². The van der Waals surface area contributed by atoms with Crippen LogP contribution in [0.4, 0.5) is 0 Å². The number of hydrogen-bond donors (Lipinski definition) is 1. The molecule has 0 unspecified atom stereocenters. The molecule has 0 aromatic heterocycles. The second-order valence-electron chi connectivity index (χ2n) is 6.93. The van der Waals surface area contributed by atoms with Crippen LogP contribution < -0.4 is 10.2 Å². The molecule has 0 fully saturated rings. The van der Waals surface area contributed by atoms with Crippen molar-refractivity contribution >= 4 is 73.8 Å². The molecule has 31 heavy (non-hydrogen) atoms. The number of hydrogen-bond acceptors (Lipinski definition) is 3. The first kappa shape index (κ1) is 22.4. The molecule has 0 aliphatic carbocycles. The van der Waals surface area contributed by atoms with Crippen molar-refractivity contribution in [2.45, 2.75) is 13.2 Å². The van der Waals surface area contributed by atoms with Gasteiger partial charge in [0.05, 0.1) is 19.9 Å². The van der Waals surface area contributed by atoms with Crippen molar-refractivity contribution in [3.8, 4) is 5.75 Å². The average Bonchev–Trinajstić information content (AvgIpc) is 2.77. The lowest BCUT2D eigenvalue weighted by molar-refractivity contribution is 0.303. The van der Waals surface area contributed by atoms with E-state index in [-0.39, 0.29) is 0 Å². The average molecular weight is 653 g/mol. The lowest BCUT2D eigenvalue weighted by Crippen LogP contribution is -2.06. The molecule has 0 radical (unpaired) electrons. The largest absolute Gasteiger partial charge is 0.487 e. The van der Waals surface area contributed by atoms with Crippen molar-refractivity contribution in [1.82, 2.24) is 5.43 Å². The van der Waals surface area contributed by atoms with E-state index >= 15 is 0 Å². The Morgan fingerprint density at radius 3 is 2.35 bits per heavy atom. The van der Waals surface area contributed by atoms with Crippen LogP contribution >= 0.6 is 56.8 Å². The van der Waals surface area contributed by atoms with Crippen molar-refractivity contribution < 1.29 is 4.74 Å². The first-order valence-electron chi connectivity index (χ1n) is 9.69. The van der Waals surface area contributed by atoms with Crippen molar-refractivity contribution in [1.29, 1.82) is 0 Å². The Kier molecular flexibility index (Phi) is 7.68. The van der Waals surface area contributed by atoms with Crippen LogP contribution in [-0.2, 0) is 13.2 Å². The topological polar surface area (TPSA) is 33.6 Å². The van der Waals surface area contributed by atoms with E-state index in [0.29, 0.717) is 13.2 Å². The summed E-state index contributed by atoms with van der Waals surface area (Å²) < 4.78 is 8.33. The highest BCUT2D eigenvalue weighted by molar-refractivity contribution is 14.1. The summed E-state index contributed by atoms with van der Waals surface area (Å²) in [5.74, 6) is 0.898. The van der Waals surface area contributed by atoms with Gasteiger partial charge in [0.2, 0.25) is 0 Å². The molecule has 0 aliphatic rings. The minimum Gasteiger partial charge on any atom is -0.487 e. The van der Waals surface area contributed by atoms with Crippen LogP contribution in [-0.4, -0.2) is 6.21 Å². The van der Waals surface area contributed by atoms with Crippen LogP contribution in [0.15, 0.2) is 84.0 Å². The van der Waals surface area contributed by atoms with Crippen molar-refractivity contribution in [2.75, 3.05) is 0 Å². The molecule has 4 aromatic rings. The summed E-state index contributed by atoms with van der Waals surface area (Å²) in [6.07, 6.45) is 1.82. The van der Waals surface area contributed by atoms with Crippen LogP contribution in [0, 0.1) is 7.14 Å². The van der Waals surface area contributed by atoms with Gasteiger partial charge in [0, 0.05) is 5.02 Å². The third-order valence-corrected chi connectivity index (χ3v) is 6.78. The Hall–Kier alpha value is -1.84. The van der Waals surface area contributed by atoms with E-state index in [1.165, 1.54) is 16.3 Å². The molecule has 0 bridgehead atoms. The second-order valence-corrected chi connectivity index (χ2v) is 9.66. The van der Waals surface area contributed by atoms with Gasteiger partial charge in [-0.1, -0.05) is 72.3 Å². The predicted octanol–water partition coefficient (Wildman–Crippen LogP) is 7.41. The summed E-state index contributed by atoms with van der Waals surface area (Å²) in [7, 11) is 0. The van der Waals surface area contributed by atoms with Crippen molar-refractivity contribution in [2.24, 2.45) is 5.10 Å². The minimum atomic E-state index is 0.528. The Morgan fingerprint density at radius 1 is 0.871 bits per heavy atom. The number of ether oxygens (including phenoxy) is 1. The maximum atomic E-state index is 6.22. The van der Waals surface area contributed by atoms with Crippen molar-refractivity contribution in [3.63, 3.8) is 0 Å². The zero-order chi connectivity index (χ0) is 21.6. The molecule has 0 amide bonds. The maximum Gasteiger partial charge on any atom is 0.146 e. The fourth-order valence-electron chi connectivity index (χ4n) is 3.25. The standard InChI is InChI=1S/C25H19ClI2N2O/c26-22-11-4-2-7-19(22)15-30-29-14-17-12-23(27)25(24(28)13-17)31-16-20-9-5-8-18-6-1-3-10-21(18)20/h1-14,30H,15-16H2/b29-14-. The number of benzene rings is 4. The number of rotatable bonds is 7. The smallest absolute Gasteiger partial charge is 0.146 e. The quantitative estimate of drug-likeness (QED) is 0.128. The van der Waals surface area contributed by atoms with E-state index in [2.05, 4.69) is 110 Å². The maximum absolute atomic E-state index is 6.22. The summed E-state index contributed by atoms with van der Waals surface area (Å²) in [5.41, 5.74) is 6.27. The molecular weight excluding hydrogens is 634 g/mol. The Bertz CT molecular complexity index is 1210. The van der Waals surface area contributed by atoms with Crippen molar-refractivity contribution in [3.05, 3.63) is 108 Å². The highest BCUT2D eigenvalue weighted by Gasteiger charge is 2.10. The van der Waals surface area contributed by atoms with Crippen LogP contribution in [0.2, 0.25) is 5.02 Å². The fourth-order valence-corrected chi connectivity index (χ4v) is 5.58. The SMILES string of the molecule is Clc1ccccc1CN/N=C\c1cc(I)c(OCc2cccc3ccccc23)c(I)c1. The molecule has 4 rings (SSSR count). The molecule has 6 heteroatoms. The lowest BCUT2D eigenvalue weighted by Gasteiger charge is -2.13. The van der Waals surface area contributed by atoms with Gasteiger partial charge in [-0.25, -0.2) is 0 Å². The van der Waals surface area contributed by atoms with Gasteiger partial charge in [0.15, 0.2) is 0 Å². The van der Waals surface area contributed by atoms with Crippen LogP contribution in [0.1, 0.15) is 16.7 Å². The summed E-state index contributed by atoms with van der Waals surface area (Å²) >= 11 is 10.8. The van der Waals surface area contributed by atoms with Gasteiger partial charge >= 0.3 is 0 Å². The van der Waals surface area contributed by atoms with E-state index < -0.39 is 0 Å². The number of hydrazone groups is 1. The monoisotopic (exact) mass is 652 g/mol. The number of nitrogens with one attached hydrogen (secondary N) is 1. The highest BCUT2D eigenvalue weighted by atomic mass is 127. The number of nitrogens with zero attached hydrogens (tertiary/aromatic N) is 1. The number of halogens is 3. The molecular formula is C25H19ClI2N2O. The van der Waals surface area contributed by atoms with Gasteiger partial charge in [-0.2, -0.15) is 5.10 Å². The first-order valence-corrected chi connectivity index (χ1v) is 12.2. The molecule has 0 heterocycles. The first-order chi connectivity index (χ1) is 15.1.